The van der Waals surface area contributed by atoms with E-state index < -0.39 is 17.4 Å². The van der Waals surface area contributed by atoms with E-state index in [0.29, 0.717) is 45.1 Å². The third kappa shape index (κ3) is 4.18. The second kappa shape index (κ2) is 7.95. The predicted octanol–water partition coefficient (Wildman–Crippen LogP) is 0.405. The number of nitrogens with one attached hydrogen (secondary N) is 2. The molecule has 2 amide bonds. The first-order valence-electron chi connectivity index (χ1n) is 8.74. The Bertz CT molecular complexity index is 627. The number of amides is 2. The molecular formula is C18H25N3O4. The third-order valence-corrected chi connectivity index (χ3v) is 4.61. The number of hydrogen-bond donors (Lipinski definition) is 2. The summed E-state index contributed by atoms with van der Waals surface area (Å²) in [6.07, 6.45) is 0.786. The van der Waals surface area contributed by atoms with E-state index in [9.17, 15) is 9.59 Å². The van der Waals surface area contributed by atoms with E-state index in [-0.39, 0.29) is 0 Å². The first-order chi connectivity index (χ1) is 12.1. The topological polar surface area (TPSA) is 79.9 Å². The molecule has 2 heterocycles. The van der Waals surface area contributed by atoms with Gasteiger partial charge in [0.1, 0.15) is 5.60 Å². The van der Waals surface area contributed by atoms with Gasteiger partial charge in [-0.1, -0.05) is 25.1 Å². The van der Waals surface area contributed by atoms with Crippen LogP contribution < -0.4 is 10.6 Å². The molecular weight excluding hydrogens is 322 g/mol. The Morgan fingerprint density at radius 2 is 2.16 bits per heavy atom. The lowest BCUT2D eigenvalue weighted by molar-refractivity contribution is -0.162. The van der Waals surface area contributed by atoms with E-state index in [4.69, 9.17) is 9.47 Å². The summed E-state index contributed by atoms with van der Waals surface area (Å²) in [6.45, 7) is 5.57. The van der Waals surface area contributed by atoms with E-state index in [1.54, 1.807) is 4.90 Å². The van der Waals surface area contributed by atoms with Crippen LogP contribution in [0.15, 0.2) is 24.3 Å². The lowest BCUT2D eigenvalue weighted by Gasteiger charge is -2.41. The van der Waals surface area contributed by atoms with Crippen molar-refractivity contribution in [1.82, 2.24) is 10.2 Å². The van der Waals surface area contributed by atoms with Crippen LogP contribution in [-0.2, 0) is 25.5 Å². The number of nitrogens with zero attached hydrogens (tertiary/aromatic N) is 1. The number of morpholine rings is 1. The summed E-state index contributed by atoms with van der Waals surface area (Å²) < 4.78 is 11.5. The minimum absolute atomic E-state index is 0.349. The van der Waals surface area contributed by atoms with Crippen LogP contribution in [0.25, 0.3) is 0 Å². The average Bonchev–Trinajstić information content (AvgIpc) is 2.87. The molecule has 0 aliphatic carbocycles. The first-order valence-corrected chi connectivity index (χ1v) is 8.74. The van der Waals surface area contributed by atoms with Gasteiger partial charge in [-0.2, -0.15) is 0 Å². The van der Waals surface area contributed by atoms with Crippen molar-refractivity contribution in [2.45, 2.75) is 18.9 Å². The molecule has 3 rings (SSSR count). The van der Waals surface area contributed by atoms with Crippen molar-refractivity contribution in [1.29, 1.82) is 0 Å². The summed E-state index contributed by atoms with van der Waals surface area (Å²) in [5, 5.41) is 6.01. The van der Waals surface area contributed by atoms with Crippen molar-refractivity contribution in [3.63, 3.8) is 0 Å². The summed E-state index contributed by atoms with van der Waals surface area (Å²) in [5.41, 5.74) is 1.11. The molecule has 2 aliphatic heterocycles. The van der Waals surface area contributed by atoms with Crippen LogP contribution in [-0.4, -0.2) is 68.3 Å². The van der Waals surface area contributed by atoms with Gasteiger partial charge in [-0.25, -0.2) is 0 Å². The molecule has 7 heteroatoms. The van der Waals surface area contributed by atoms with Gasteiger partial charge in [-0.05, 0) is 18.1 Å². The monoisotopic (exact) mass is 347 g/mol. The highest BCUT2D eigenvalue weighted by atomic mass is 16.5. The van der Waals surface area contributed by atoms with Crippen molar-refractivity contribution in [3.8, 4) is 0 Å². The molecule has 0 saturated carbocycles. The SMILES string of the molecule is CCc1ccccc1NC(=O)C(=O)N1CCO[C@@]2(CNCCOC2)C1. The van der Waals surface area contributed by atoms with Crippen molar-refractivity contribution in [3.05, 3.63) is 29.8 Å². The molecule has 2 aliphatic rings. The summed E-state index contributed by atoms with van der Waals surface area (Å²) in [4.78, 5) is 26.6. The average molecular weight is 347 g/mol. The van der Waals surface area contributed by atoms with Crippen LogP contribution >= 0.6 is 0 Å². The van der Waals surface area contributed by atoms with E-state index >= 15 is 0 Å². The maximum Gasteiger partial charge on any atom is 0.313 e. The van der Waals surface area contributed by atoms with Crippen LogP contribution in [0, 0.1) is 0 Å². The van der Waals surface area contributed by atoms with E-state index in [2.05, 4.69) is 10.6 Å². The summed E-state index contributed by atoms with van der Waals surface area (Å²) in [5.74, 6) is -1.14. The van der Waals surface area contributed by atoms with Crippen molar-refractivity contribution >= 4 is 17.5 Å². The van der Waals surface area contributed by atoms with Crippen LogP contribution in [0.3, 0.4) is 0 Å². The lowest BCUT2D eigenvalue weighted by atomic mass is 10.0. The predicted molar refractivity (Wildman–Crippen MR) is 93.4 cm³/mol. The van der Waals surface area contributed by atoms with Gasteiger partial charge in [0, 0.05) is 25.3 Å². The molecule has 1 spiro atoms. The van der Waals surface area contributed by atoms with Gasteiger partial charge in [0.15, 0.2) is 0 Å². The normalized spacial score (nSPS) is 24.0. The number of para-hydroxylation sites is 1. The number of carbonyl (C=O) groups is 2. The quantitative estimate of drug-likeness (QED) is 0.758. The maximum absolute atomic E-state index is 12.6. The molecule has 25 heavy (non-hydrogen) atoms. The van der Waals surface area contributed by atoms with Crippen LogP contribution in [0.1, 0.15) is 12.5 Å². The number of aryl methyl sites for hydroxylation is 1. The highest BCUT2D eigenvalue weighted by Crippen LogP contribution is 2.21. The molecule has 0 bridgehead atoms. The largest absolute Gasteiger partial charge is 0.377 e. The zero-order valence-electron chi connectivity index (χ0n) is 14.5. The molecule has 1 atom stereocenters. The van der Waals surface area contributed by atoms with Gasteiger partial charge >= 0.3 is 11.8 Å². The van der Waals surface area contributed by atoms with Gasteiger partial charge in [0.05, 0.1) is 26.4 Å². The fourth-order valence-corrected chi connectivity index (χ4v) is 3.25. The number of rotatable bonds is 2. The second-order valence-electron chi connectivity index (χ2n) is 6.45. The Morgan fingerprint density at radius 1 is 1.32 bits per heavy atom. The Hall–Kier alpha value is -1.96. The standard InChI is InChI=1S/C18H25N3O4/c1-2-14-5-3-4-6-15(14)20-16(22)17(23)21-8-10-25-18(12-21)11-19-7-9-24-13-18/h3-6,19H,2,7-13H2,1H3,(H,20,22)/t18-/m0/s1. The summed E-state index contributed by atoms with van der Waals surface area (Å²) in [6, 6.07) is 7.52. The van der Waals surface area contributed by atoms with Gasteiger partial charge in [-0.3, -0.25) is 9.59 Å². The van der Waals surface area contributed by atoms with E-state index in [1.807, 2.05) is 31.2 Å². The van der Waals surface area contributed by atoms with Crippen LogP contribution in [0.4, 0.5) is 5.69 Å². The Morgan fingerprint density at radius 3 is 3.00 bits per heavy atom. The summed E-state index contributed by atoms with van der Waals surface area (Å²) in [7, 11) is 0. The van der Waals surface area contributed by atoms with Crippen molar-refractivity contribution in [2.75, 3.05) is 51.3 Å². The molecule has 0 unspecified atom stereocenters. The molecule has 0 aromatic heterocycles. The molecule has 2 saturated heterocycles. The van der Waals surface area contributed by atoms with Crippen molar-refractivity contribution in [2.24, 2.45) is 0 Å². The first kappa shape index (κ1) is 17.8. The Balaban J connectivity index is 1.66. The lowest BCUT2D eigenvalue weighted by Crippen LogP contribution is -2.60. The molecule has 2 fully saturated rings. The number of carbonyl (C=O) groups excluding carboxylic acids is 2. The van der Waals surface area contributed by atoms with Crippen LogP contribution in [0.5, 0.6) is 0 Å². The van der Waals surface area contributed by atoms with Gasteiger partial charge in [-0.15, -0.1) is 0 Å². The van der Waals surface area contributed by atoms with E-state index in [0.717, 1.165) is 18.5 Å². The molecule has 136 valence electrons. The molecule has 7 nitrogen and oxygen atoms in total. The fourth-order valence-electron chi connectivity index (χ4n) is 3.25. The van der Waals surface area contributed by atoms with Gasteiger partial charge < -0.3 is 25.0 Å². The number of anilines is 1. The maximum atomic E-state index is 12.6. The summed E-state index contributed by atoms with van der Waals surface area (Å²) >= 11 is 0. The number of ether oxygens (including phenoxy) is 2. The zero-order chi connectivity index (χ0) is 17.7. The highest BCUT2D eigenvalue weighted by Gasteiger charge is 2.40. The van der Waals surface area contributed by atoms with Crippen molar-refractivity contribution < 1.29 is 19.1 Å². The number of hydrogen-bond acceptors (Lipinski definition) is 5. The molecule has 2 N–H and O–H groups in total. The highest BCUT2D eigenvalue weighted by molar-refractivity contribution is 6.39. The molecule has 1 aromatic rings. The Kier molecular flexibility index (Phi) is 5.67. The minimum atomic E-state index is -0.611. The fraction of sp³-hybridized carbons (Fsp3) is 0.556. The third-order valence-electron chi connectivity index (χ3n) is 4.61. The van der Waals surface area contributed by atoms with Gasteiger partial charge in [0.2, 0.25) is 0 Å². The van der Waals surface area contributed by atoms with E-state index in [1.165, 1.54) is 0 Å². The van der Waals surface area contributed by atoms with Crippen LogP contribution in [0.2, 0.25) is 0 Å². The minimum Gasteiger partial charge on any atom is -0.377 e. The zero-order valence-corrected chi connectivity index (χ0v) is 14.5. The molecule has 1 aromatic carbocycles. The molecule has 0 radical (unpaired) electrons. The smallest absolute Gasteiger partial charge is 0.313 e. The van der Waals surface area contributed by atoms with Gasteiger partial charge in [0.25, 0.3) is 0 Å². The second-order valence-corrected chi connectivity index (χ2v) is 6.45. The Labute approximate surface area is 147 Å². The number of benzene rings is 1.